The minimum absolute atomic E-state index is 0.383. The largest absolute Gasteiger partial charge is 0.389 e. The maximum Gasteiger partial charge on any atom is 0.389 e. The first kappa shape index (κ1) is 15.8. The predicted molar refractivity (Wildman–Crippen MR) is 75.0 cm³/mol. The number of rotatable bonds is 3. The molecule has 0 spiro atoms. The van der Waals surface area contributed by atoms with Gasteiger partial charge in [0.2, 0.25) is 5.91 Å². The summed E-state index contributed by atoms with van der Waals surface area (Å²) in [5.74, 6) is -0.447. The Morgan fingerprint density at radius 1 is 1.39 bits per heavy atom. The summed E-state index contributed by atoms with van der Waals surface area (Å²) in [5, 5.41) is 0. The number of aromatic nitrogens is 2. The van der Waals surface area contributed by atoms with Crippen LogP contribution >= 0.6 is 0 Å². The van der Waals surface area contributed by atoms with E-state index in [9.17, 15) is 22.4 Å². The number of benzene rings is 1. The molecule has 0 aliphatic carbocycles. The van der Waals surface area contributed by atoms with E-state index in [0.29, 0.717) is 36.2 Å². The van der Waals surface area contributed by atoms with Crippen molar-refractivity contribution in [2.75, 3.05) is 6.54 Å². The molecule has 2 aromatic rings. The van der Waals surface area contributed by atoms with Crippen LogP contribution in [-0.4, -0.2) is 33.5 Å². The maximum atomic E-state index is 13.2. The second-order valence-corrected chi connectivity index (χ2v) is 5.64. The van der Waals surface area contributed by atoms with E-state index in [0.717, 1.165) is 0 Å². The minimum atomic E-state index is -4.35. The Morgan fingerprint density at radius 2 is 2.17 bits per heavy atom. The van der Waals surface area contributed by atoms with Crippen LogP contribution in [0.25, 0.3) is 11.0 Å². The Hall–Kier alpha value is -2.12. The number of hydrogen-bond acceptors (Lipinski definition) is 2. The van der Waals surface area contributed by atoms with E-state index in [-0.39, 0.29) is 6.04 Å². The van der Waals surface area contributed by atoms with Crippen LogP contribution in [0.15, 0.2) is 18.2 Å². The third-order valence-corrected chi connectivity index (χ3v) is 3.97. The molecule has 2 heterocycles. The maximum absolute atomic E-state index is 13.2. The molecule has 0 radical (unpaired) electrons. The molecule has 23 heavy (non-hydrogen) atoms. The van der Waals surface area contributed by atoms with Gasteiger partial charge in [0.15, 0.2) is 0 Å². The molecule has 1 N–H and O–H groups in total. The summed E-state index contributed by atoms with van der Waals surface area (Å²) in [6, 6.07) is 3.73. The number of aromatic amines is 1. The highest BCUT2D eigenvalue weighted by molar-refractivity contribution is 5.78. The van der Waals surface area contributed by atoms with E-state index in [4.69, 9.17) is 0 Å². The molecule has 1 atom stereocenters. The molecule has 0 saturated carbocycles. The molecule has 4 nitrogen and oxygen atoms in total. The van der Waals surface area contributed by atoms with Gasteiger partial charge in [0, 0.05) is 13.0 Å². The summed E-state index contributed by atoms with van der Waals surface area (Å²) >= 11 is 0. The third kappa shape index (κ3) is 3.46. The third-order valence-electron chi connectivity index (χ3n) is 3.97. The van der Waals surface area contributed by atoms with Crippen LogP contribution in [0.1, 0.15) is 37.5 Å². The summed E-state index contributed by atoms with van der Waals surface area (Å²) in [4.78, 5) is 20.8. The number of alkyl halides is 3. The van der Waals surface area contributed by atoms with Crippen LogP contribution in [-0.2, 0) is 4.79 Å². The fourth-order valence-corrected chi connectivity index (χ4v) is 2.90. The van der Waals surface area contributed by atoms with Crippen molar-refractivity contribution in [1.29, 1.82) is 0 Å². The molecule has 1 fully saturated rings. The van der Waals surface area contributed by atoms with Gasteiger partial charge in [-0.05, 0) is 31.0 Å². The zero-order chi connectivity index (χ0) is 16.6. The number of hydrogen-bond donors (Lipinski definition) is 1. The first-order valence-corrected chi connectivity index (χ1v) is 7.35. The van der Waals surface area contributed by atoms with Gasteiger partial charge < -0.3 is 9.88 Å². The summed E-state index contributed by atoms with van der Waals surface area (Å²) in [6.45, 7) is 0.409. The van der Waals surface area contributed by atoms with Gasteiger partial charge in [-0.1, -0.05) is 0 Å². The van der Waals surface area contributed by atoms with E-state index in [1.807, 2.05) is 0 Å². The van der Waals surface area contributed by atoms with Gasteiger partial charge in [0.1, 0.15) is 11.6 Å². The summed E-state index contributed by atoms with van der Waals surface area (Å²) < 4.78 is 50.0. The van der Waals surface area contributed by atoms with E-state index >= 15 is 0 Å². The van der Waals surface area contributed by atoms with Crippen LogP contribution in [0.4, 0.5) is 17.6 Å². The number of carbonyl (C=O) groups excluding carboxylic acids is 1. The number of likely N-dealkylation sites (tertiary alicyclic amines) is 1. The lowest BCUT2D eigenvalue weighted by molar-refractivity contribution is -0.149. The molecular weight excluding hydrogens is 314 g/mol. The van der Waals surface area contributed by atoms with Gasteiger partial charge in [-0.2, -0.15) is 13.2 Å². The number of nitrogens with zero attached hydrogens (tertiary/aromatic N) is 2. The number of nitrogens with one attached hydrogen (secondary N) is 1. The number of carbonyl (C=O) groups is 1. The van der Waals surface area contributed by atoms with Gasteiger partial charge in [0.05, 0.1) is 23.5 Å². The lowest BCUT2D eigenvalue weighted by Crippen LogP contribution is -2.31. The molecule has 1 amide bonds. The van der Waals surface area contributed by atoms with Gasteiger partial charge in [-0.15, -0.1) is 0 Å². The molecule has 3 rings (SSSR count). The molecule has 8 heteroatoms. The topological polar surface area (TPSA) is 49.0 Å². The number of halogens is 4. The fraction of sp³-hybridized carbons (Fsp3) is 0.467. The Kier molecular flexibility index (Phi) is 3.99. The first-order chi connectivity index (χ1) is 10.8. The number of H-pyrrole nitrogens is 1. The van der Waals surface area contributed by atoms with Crippen molar-refractivity contribution < 1.29 is 22.4 Å². The first-order valence-electron chi connectivity index (χ1n) is 7.35. The monoisotopic (exact) mass is 329 g/mol. The van der Waals surface area contributed by atoms with Crippen LogP contribution in [0.3, 0.4) is 0 Å². The van der Waals surface area contributed by atoms with Crippen LogP contribution in [0, 0.1) is 5.82 Å². The second kappa shape index (κ2) is 5.82. The van der Waals surface area contributed by atoms with Crippen molar-refractivity contribution in [3.63, 3.8) is 0 Å². The Balaban J connectivity index is 1.78. The van der Waals surface area contributed by atoms with Crippen LogP contribution in [0.2, 0.25) is 0 Å². The Labute approximate surface area is 129 Å². The van der Waals surface area contributed by atoms with E-state index in [1.165, 1.54) is 23.1 Å². The highest BCUT2D eigenvalue weighted by atomic mass is 19.4. The normalized spacial score (nSPS) is 18.8. The number of imidazole rings is 1. The van der Waals surface area contributed by atoms with Gasteiger partial charge in [0.25, 0.3) is 0 Å². The lowest BCUT2D eigenvalue weighted by atomic mass is 10.2. The molecule has 0 bridgehead atoms. The molecule has 1 aliphatic heterocycles. The van der Waals surface area contributed by atoms with Crippen molar-refractivity contribution in [2.24, 2.45) is 0 Å². The quantitative estimate of drug-likeness (QED) is 0.873. The van der Waals surface area contributed by atoms with Crippen molar-refractivity contribution in [3.8, 4) is 0 Å². The molecule has 1 aromatic carbocycles. The lowest BCUT2D eigenvalue weighted by Gasteiger charge is -2.23. The van der Waals surface area contributed by atoms with Gasteiger partial charge >= 0.3 is 6.18 Å². The highest BCUT2D eigenvalue weighted by Crippen LogP contribution is 2.33. The number of amides is 1. The smallest absolute Gasteiger partial charge is 0.340 e. The summed E-state index contributed by atoms with van der Waals surface area (Å²) in [7, 11) is 0. The summed E-state index contributed by atoms with van der Waals surface area (Å²) in [5.41, 5.74) is 1.07. The number of fused-ring (bicyclic) bond motifs is 1. The minimum Gasteiger partial charge on any atom is -0.340 e. The highest BCUT2D eigenvalue weighted by Gasteiger charge is 2.34. The zero-order valence-corrected chi connectivity index (χ0v) is 12.2. The van der Waals surface area contributed by atoms with Crippen molar-refractivity contribution in [3.05, 3.63) is 29.8 Å². The van der Waals surface area contributed by atoms with Gasteiger partial charge in [-0.25, -0.2) is 9.37 Å². The van der Waals surface area contributed by atoms with E-state index < -0.39 is 30.7 Å². The standard InChI is InChI=1S/C15H15F4N3O/c16-9-3-4-10-11(8-9)21-14(20-10)12-2-1-7-22(12)13(23)5-6-15(17,18)19/h3-4,8,12H,1-2,5-7H2,(H,20,21)/t12-/m1/s1. The van der Waals surface area contributed by atoms with Crippen LogP contribution in [0.5, 0.6) is 0 Å². The SMILES string of the molecule is O=C(CCC(F)(F)F)N1CCC[C@@H]1c1nc2ccc(F)cc2[nH]1. The average Bonchev–Trinajstić information content (AvgIpc) is 3.09. The van der Waals surface area contributed by atoms with Crippen molar-refractivity contribution in [2.45, 2.75) is 37.9 Å². The molecule has 0 unspecified atom stereocenters. The second-order valence-electron chi connectivity index (χ2n) is 5.64. The van der Waals surface area contributed by atoms with Gasteiger partial charge in [-0.3, -0.25) is 4.79 Å². The van der Waals surface area contributed by atoms with E-state index in [1.54, 1.807) is 0 Å². The Morgan fingerprint density at radius 3 is 2.91 bits per heavy atom. The molecule has 1 saturated heterocycles. The van der Waals surface area contributed by atoms with Crippen molar-refractivity contribution >= 4 is 16.9 Å². The zero-order valence-electron chi connectivity index (χ0n) is 12.2. The molecule has 124 valence electrons. The van der Waals surface area contributed by atoms with Crippen molar-refractivity contribution in [1.82, 2.24) is 14.9 Å². The predicted octanol–water partition coefficient (Wildman–Crippen LogP) is 3.71. The molecule has 1 aliphatic rings. The fourth-order valence-electron chi connectivity index (χ4n) is 2.90. The van der Waals surface area contributed by atoms with Crippen LogP contribution < -0.4 is 0 Å². The summed E-state index contributed by atoms with van der Waals surface area (Å²) in [6.07, 6.45) is -4.70. The molecular formula is C15H15F4N3O. The van der Waals surface area contributed by atoms with E-state index in [2.05, 4.69) is 9.97 Å². The average molecular weight is 329 g/mol. The Bertz CT molecular complexity index is 725. The molecule has 1 aromatic heterocycles.